The molecule has 4 nitrogen and oxygen atoms in total. The first kappa shape index (κ1) is 15.0. The summed E-state index contributed by atoms with van der Waals surface area (Å²) < 4.78 is 5.37. The van der Waals surface area contributed by atoms with E-state index in [0.717, 1.165) is 12.8 Å². The highest BCUT2D eigenvalue weighted by atomic mass is 16.6. The van der Waals surface area contributed by atoms with Gasteiger partial charge in [0, 0.05) is 12.3 Å². The maximum Gasteiger partial charge on any atom is 0.340 e. The minimum absolute atomic E-state index is 0.198. The molecule has 0 amide bonds. The minimum atomic E-state index is -0.821. The molecule has 0 aliphatic heterocycles. The van der Waals surface area contributed by atoms with Gasteiger partial charge in [-0.05, 0) is 18.1 Å². The molecule has 1 aliphatic carbocycles. The van der Waals surface area contributed by atoms with Gasteiger partial charge in [-0.1, -0.05) is 44.9 Å². The van der Waals surface area contributed by atoms with Crippen LogP contribution in [0.1, 0.15) is 61.6 Å². The van der Waals surface area contributed by atoms with Crippen molar-refractivity contribution >= 4 is 5.97 Å². The highest BCUT2D eigenvalue weighted by Gasteiger charge is 2.52. The van der Waals surface area contributed by atoms with E-state index < -0.39 is 17.8 Å². The molecule has 4 heteroatoms. The Hall–Kier alpha value is -1.39. The average Bonchev–Trinajstić information content (AvgIpc) is 3.02. The van der Waals surface area contributed by atoms with Crippen LogP contribution in [0.25, 0.3) is 0 Å². The van der Waals surface area contributed by atoms with E-state index in [9.17, 15) is 9.90 Å². The molecule has 3 atom stereocenters. The van der Waals surface area contributed by atoms with Crippen LogP contribution < -0.4 is 5.73 Å². The standard InChI is InChI=1S/C16H23NO3/c1-3-4-9-14(18)12-7-5-6-8-13(12)15(19)20-16(17)10-11(16)2/h5-8,11,14,18H,3-4,9-10,17H2,1-2H3. The maximum absolute atomic E-state index is 12.2. The molecule has 0 aromatic heterocycles. The van der Waals surface area contributed by atoms with Crippen molar-refractivity contribution in [3.63, 3.8) is 0 Å². The number of rotatable bonds is 6. The molecule has 3 N–H and O–H groups in total. The maximum atomic E-state index is 12.2. The van der Waals surface area contributed by atoms with Gasteiger partial charge in [0.2, 0.25) is 0 Å². The molecule has 1 aromatic carbocycles. The van der Waals surface area contributed by atoms with Crippen LogP contribution in [0.4, 0.5) is 0 Å². The van der Waals surface area contributed by atoms with Gasteiger partial charge >= 0.3 is 5.97 Å². The quantitative estimate of drug-likeness (QED) is 0.619. The van der Waals surface area contributed by atoms with Crippen molar-refractivity contribution in [2.45, 2.75) is 51.4 Å². The number of hydrogen-bond acceptors (Lipinski definition) is 4. The number of benzene rings is 1. The monoisotopic (exact) mass is 277 g/mol. The number of aliphatic hydroxyl groups is 1. The van der Waals surface area contributed by atoms with E-state index in [1.54, 1.807) is 18.2 Å². The van der Waals surface area contributed by atoms with Crippen LogP contribution >= 0.6 is 0 Å². The van der Waals surface area contributed by atoms with E-state index in [1.807, 2.05) is 13.0 Å². The number of aliphatic hydroxyl groups excluding tert-OH is 1. The average molecular weight is 277 g/mol. The van der Waals surface area contributed by atoms with E-state index in [2.05, 4.69) is 6.92 Å². The summed E-state index contributed by atoms with van der Waals surface area (Å²) >= 11 is 0. The predicted octanol–water partition coefficient (Wildman–Crippen LogP) is 2.76. The lowest BCUT2D eigenvalue weighted by Gasteiger charge is -2.17. The lowest BCUT2D eigenvalue weighted by molar-refractivity contribution is 0.0197. The third kappa shape index (κ3) is 3.19. The summed E-state index contributed by atoms with van der Waals surface area (Å²) in [5, 5.41) is 10.2. The number of ether oxygens (including phenoxy) is 1. The number of carbonyl (C=O) groups is 1. The molecule has 0 heterocycles. The zero-order valence-corrected chi connectivity index (χ0v) is 12.1. The lowest BCUT2D eigenvalue weighted by atomic mass is 9.98. The number of esters is 1. The van der Waals surface area contributed by atoms with E-state index in [0.29, 0.717) is 24.0 Å². The third-order valence-corrected chi connectivity index (χ3v) is 3.95. The van der Waals surface area contributed by atoms with Gasteiger partial charge in [0.25, 0.3) is 0 Å². The molecule has 110 valence electrons. The van der Waals surface area contributed by atoms with E-state index >= 15 is 0 Å². The molecule has 1 aliphatic rings. The van der Waals surface area contributed by atoms with Crippen molar-refractivity contribution in [3.8, 4) is 0 Å². The fourth-order valence-electron chi connectivity index (χ4n) is 2.32. The fraction of sp³-hybridized carbons (Fsp3) is 0.562. The van der Waals surface area contributed by atoms with Gasteiger partial charge in [0.05, 0.1) is 11.7 Å². The van der Waals surface area contributed by atoms with E-state index in [-0.39, 0.29) is 5.92 Å². The largest absolute Gasteiger partial charge is 0.440 e. The summed E-state index contributed by atoms with van der Waals surface area (Å²) in [5.41, 5.74) is 6.15. The molecule has 0 radical (unpaired) electrons. The van der Waals surface area contributed by atoms with Gasteiger partial charge in [-0.15, -0.1) is 0 Å². The smallest absolute Gasteiger partial charge is 0.340 e. The van der Waals surface area contributed by atoms with E-state index in [1.165, 1.54) is 0 Å². The number of carbonyl (C=O) groups excluding carboxylic acids is 1. The molecule has 2 rings (SSSR count). The van der Waals surface area contributed by atoms with Crippen LogP contribution in [0.5, 0.6) is 0 Å². The van der Waals surface area contributed by atoms with E-state index in [4.69, 9.17) is 10.5 Å². The first-order chi connectivity index (χ1) is 9.48. The van der Waals surface area contributed by atoms with Gasteiger partial charge in [-0.2, -0.15) is 0 Å². The van der Waals surface area contributed by atoms with Crippen molar-refractivity contribution in [1.29, 1.82) is 0 Å². The summed E-state index contributed by atoms with van der Waals surface area (Å²) in [6.45, 7) is 4.02. The Morgan fingerprint density at radius 1 is 1.55 bits per heavy atom. The summed E-state index contributed by atoms with van der Waals surface area (Å²) in [5.74, 6) is -0.244. The SMILES string of the molecule is CCCCC(O)c1ccccc1C(=O)OC1(N)CC1C. The second kappa shape index (κ2) is 5.94. The van der Waals surface area contributed by atoms with Gasteiger partial charge in [-0.3, -0.25) is 5.73 Å². The normalized spacial score (nSPS) is 26.1. The highest BCUT2D eigenvalue weighted by Crippen LogP contribution is 2.42. The second-order valence-corrected chi connectivity index (χ2v) is 5.69. The zero-order chi connectivity index (χ0) is 14.8. The first-order valence-corrected chi connectivity index (χ1v) is 7.27. The van der Waals surface area contributed by atoms with Gasteiger partial charge in [-0.25, -0.2) is 4.79 Å². The van der Waals surface area contributed by atoms with Crippen LogP contribution in [0, 0.1) is 5.92 Å². The molecule has 20 heavy (non-hydrogen) atoms. The Kier molecular flexibility index (Phi) is 4.45. The Morgan fingerprint density at radius 3 is 2.80 bits per heavy atom. The Bertz CT molecular complexity index is 488. The van der Waals surface area contributed by atoms with Crippen molar-refractivity contribution < 1.29 is 14.6 Å². The minimum Gasteiger partial charge on any atom is -0.440 e. The molecule has 1 fully saturated rings. The fourth-order valence-corrected chi connectivity index (χ4v) is 2.32. The highest BCUT2D eigenvalue weighted by molar-refractivity contribution is 5.91. The van der Waals surface area contributed by atoms with Crippen molar-refractivity contribution in [2.24, 2.45) is 11.7 Å². The Morgan fingerprint density at radius 2 is 2.20 bits per heavy atom. The molecule has 0 spiro atoms. The number of unbranched alkanes of at least 4 members (excludes halogenated alkanes) is 1. The Labute approximate surface area is 119 Å². The molecular formula is C16H23NO3. The molecule has 3 unspecified atom stereocenters. The third-order valence-electron chi connectivity index (χ3n) is 3.95. The molecule has 0 saturated heterocycles. The van der Waals surface area contributed by atoms with Crippen LogP contribution in [0.15, 0.2) is 24.3 Å². The number of hydrogen-bond donors (Lipinski definition) is 2. The number of nitrogens with two attached hydrogens (primary N) is 1. The Balaban J connectivity index is 2.12. The van der Waals surface area contributed by atoms with Crippen molar-refractivity contribution in [2.75, 3.05) is 0 Å². The summed E-state index contributed by atoms with van der Waals surface area (Å²) in [7, 11) is 0. The van der Waals surface area contributed by atoms with Crippen LogP contribution in [-0.2, 0) is 4.74 Å². The summed E-state index contributed by atoms with van der Waals surface area (Å²) in [6, 6.07) is 7.05. The van der Waals surface area contributed by atoms with Gasteiger partial charge in [0.1, 0.15) is 0 Å². The lowest BCUT2D eigenvalue weighted by Crippen LogP contribution is -2.31. The summed E-state index contributed by atoms with van der Waals surface area (Å²) in [4.78, 5) is 12.2. The van der Waals surface area contributed by atoms with Gasteiger partial charge in [0.15, 0.2) is 5.72 Å². The molecule has 1 aromatic rings. The molecular weight excluding hydrogens is 254 g/mol. The topological polar surface area (TPSA) is 72.5 Å². The van der Waals surface area contributed by atoms with Crippen molar-refractivity contribution in [1.82, 2.24) is 0 Å². The van der Waals surface area contributed by atoms with Gasteiger partial charge < -0.3 is 9.84 Å². The predicted molar refractivity (Wildman–Crippen MR) is 77.0 cm³/mol. The van der Waals surface area contributed by atoms with Crippen LogP contribution in [0.2, 0.25) is 0 Å². The summed E-state index contributed by atoms with van der Waals surface area (Å²) in [6.07, 6.45) is 2.63. The first-order valence-electron chi connectivity index (χ1n) is 7.27. The molecule has 0 bridgehead atoms. The van der Waals surface area contributed by atoms with Crippen LogP contribution in [0.3, 0.4) is 0 Å². The zero-order valence-electron chi connectivity index (χ0n) is 12.1. The van der Waals surface area contributed by atoms with Crippen LogP contribution in [-0.4, -0.2) is 16.8 Å². The second-order valence-electron chi connectivity index (χ2n) is 5.69. The van der Waals surface area contributed by atoms with Crippen molar-refractivity contribution in [3.05, 3.63) is 35.4 Å². The molecule has 1 saturated carbocycles.